The van der Waals surface area contributed by atoms with Gasteiger partial charge in [0.1, 0.15) is 18.1 Å². The fourth-order valence-corrected chi connectivity index (χ4v) is 4.18. The molecule has 0 spiro atoms. The van der Waals surface area contributed by atoms with E-state index in [4.69, 9.17) is 16.6 Å². The average molecular weight is 504 g/mol. The Morgan fingerprint density at radius 1 is 1.03 bits per heavy atom. The highest BCUT2D eigenvalue weighted by molar-refractivity contribution is 7.98. The smallest absolute Gasteiger partial charge is 0.326 e. The number of likely N-dealkylation sites (tertiary alicyclic amines) is 1. The second-order valence-electron chi connectivity index (χ2n) is 8.26. The lowest BCUT2D eigenvalue weighted by molar-refractivity contribution is -0.150. The van der Waals surface area contributed by atoms with E-state index in [1.807, 2.05) is 6.26 Å². The van der Waals surface area contributed by atoms with E-state index >= 15 is 0 Å². The number of hydrogen-bond acceptors (Lipinski definition) is 8. The van der Waals surface area contributed by atoms with Gasteiger partial charge in [-0.15, -0.1) is 0 Å². The number of nitrogens with zero attached hydrogens (tertiary/aromatic N) is 1. The van der Waals surface area contributed by atoms with Crippen molar-refractivity contribution in [3.63, 3.8) is 0 Å². The van der Waals surface area contributed by atoms with E-state index < -0.39 is 60.2 Å². The number of rotatable bonds is 16. The monoisotopic (exact) mass is 503 g/mol. The van der Waals surface area contributed by atoms with Crippen LogP contribution in [0.2, 0.25) is 0 Å². The van der Waals surface area contributed by atoms with Gasteiger partial charge in [0.25, 0.3) is 0 Å². The Balaban J connectivity index is 2.94. The van der Waals surface area contributed by atoms with Gasteiger partial charge in [-0.05, 0) is 57.1 Å². The van der Waals surface area contributed by atoms with Gasteiger partial charge in [-0.1, -0.05) is 6.42 Å². The fraction of sp³-hybridized carbons (Fsp3) is 0.762. The van der Waals surface area contributed by atoms with Crippen molar-refractivity contribution in [3.8, 4) is 0 Å². The molecule has 0 aromatic rings. The first-order chi connectivity index (χ1) is 16.1. The van der Waals surface area contributed by atoms with Crippen LogP contribution in [-0.2, 0) is 24.0 Å². The first-order valence-corrected chi connectivity index (χ1v) is 12.8. The van der Waals surface area contributed by atoms with Crippen molar-refractivity contribution in [3.05, 3.63) is 0 Å². The lowest BCUT2D eigenvalue weighted by Crippen LogP contribution is -2.57. The van der Waals surface area contributed by atoms with Crippen molar-refractivity contribution in [1.29, 1.82) is 0 Å². The standard InChI is InChI=1S/C21H37N5O7S/c1-34-12-9-14(24-18(29)13(23)5-2-3-10-22)19(30)25-15(7-8-17(27)28)20(31)26-11-4-6-16(26)21(32)33/h13-16H,2-12,22-23H2,1H3,(H,24,29)(H,25,30)(H,27,28)(H,32,33). The molecule has 1 fully saturated rings. The number of thioether (sulfide) groups is 1. The Morgan fingerprint density at radius 3 is 2.29 bits per heavy atom. The SMILES string of the molecule is CSCCC(NC(=O)C(N)CCCCN)C(=O)NC(CCC(=O)O)C(=O)N1CCCC1C(=O)O. The molecule has 0 aliphatic carbocycles. The Morgan fingerprint density at radius 2 is 1.71 bits per heavy atom. The van der Waals surface area contributed by atoms with Crippen LogP contribution in [0.3, 0.4) is 0 Å². The largest absolute Gasteiger partial charge is 0.481 e. The van der Waals surface area contributed by atoms with Crippen LogP contribution in [0.1, 0.15) is 51.4 Å². The van der Waals surface area contributed by atoms with E-state index in [0.717, 1.165) is 11.3 Å². The molecule has 1 heterocycles. The zero-order chi connectivity index (χ0) is 25.7. The summed E-state index contributed by atoms with van der Waals surface area (Å²) in [5.41, 5.74) is 11.4. The van der Waals surface area contributed by atoms with Crippen molar-refractivity contribution in [2.45, 2.75) is 75.5 Å². The molecule has 8 N–H and O–H groups in total. The van der Waals surface area contributed by atoms with Crippen LogP contribution in [0.4, 0.5) is 0 Å². The highest BCUT2D eigenvalue weighted by Gasteiger charge is 2.38. The van der Waals surface area contributed by atoms with E-state index in [2.05, 4.69) is 10.6 Å². The molecule has 0 aromatic heterocycles. The molecular formula is C21H37N5O7S. The summed E-state index contributed by atoms with van der Waals surface area (Å²) in [6, 6.07) is -4.04. The van der Waals surface area contributed by atoms with Crippen molar-refractivity contribution >= 4 is 41.4 Å². The van der Waals surface area contributed by atoms with Gasteiger partial charge in [0.2, 0.25) is 17.7 Å². The molecule has 0 saturated carbocycles. The van der Waals surface area contributed by atoms with E-state index in [-0.39, 0.29) is 25.8 Å². The van der Waals surface area contributed by atoms with Gasteiger partial charge in [-0.2, -0.15) is 11.8 Å². The summed E-state index contributed by atoms with van der Waals surface area (Å²) in [6.45, 7) is 0.693. The predicted octanol–water partition coefficient (Wildman–Crippen LogP) is -0.894. The predicted molar refractivity (Wildman–Crippen MR) is 127 cm³/mol. The lowest BCUT2D eigenvalue weighted by Gasteiger charge is -2.28. The molecule has 0 radical (unpaired) electrons. The molecule has 1 aliphatic rings. The summed E-state index contributed by atoms with van der Waals surface area (Å²) in [4.78, 5) is 62.3. The van der Waals surface area contributed by atoms with E-state index in [1.165, 1.54) is 11.8 Å². The van der Waals surface area contributed by atoms with Crippen molar-refractivity contribution in [2.24, 2.45) is 11.5 Å². The summed E-state index contributed by atoms with van der Waals surface area (Å²) < 4.78 is 0. The minimum absolute atomic E-state index is 0.204. The number of carboxylic acid groups (broad SMARTS) is 2. The van der Waals surface area contributed by atoms with Crippen LogP contribution in [0, 0.1) is 0 Å². The normalized spacial score (nSPS) is 18.1. The van der Waals surface area contributed by atoms with E-state index in [9.17, 15) is 29.1 Å². The maximum Gasteiger partial charge on any atom is 0.326 e. The Hall–Kier alpha value is -2.38. The van der Waals surface area contributed by atoms with Crippen LogP contribution in [0.15, 0.2) is 0 Å². The summed E-state index contributed by atoms with van der Waals surface area (Å²) in [5, 5.41) is 23.6. The van der Waals surface area contributed by atoms with Gasteiger partial charge in [0.15, 0.2) is 0 Å². The molecule has 1 aliphatic heterocycles. The van der Waals surface area contributed by atoms with E-state index in [1.54, 1.807) is 0 Å². The molecular weight excluding hydrogens is 466 g/mol. The van der Waals surface area contributed by atoms with Gasteiger partial charge >= 0.3 is 11.9 Å². The van der Waals surface area contributed by atoms with Gasteiger partial charge in [0, 0.05) is 13.0 Å². The molecule has 13 heteroatoms. The van der Waals surface area contributed by atoms with Crippen LogP contribution in [-0.4, -0.2) is 94.0 Å². The molecule has 3 amide bonds. The summed E-state index contributed by atoms with van der Waals surface area (Å²) in [7, 11) is 0. The number of hydrogen-bond donors (Lipinski definition) is 6. The van der Waals surface area contributed by atoms with Gasteiger partial charge in [-0.25, -0.2) is 4.79 Å². The number of aliphatic carboxylic acids is 2. The Bertz CT molecular complexity index is 724. The third-order valence-electron chi connectivity index (χ3n) is 5.63. The Kier molecular flexibility index (Phi) is 13.5. The topological polar surface area (TPSA) is 205 Å². The number of nitrogens with one attached hydrogen (secondary N) is 2. The van der Waals surface area contributed by atoms with Crippen LogP contribution < -0.4 is 22.1 Å². The molecule has 4 unspecified atom stereocenters. The average Bonchev–Trinajstić information content (AvgIpc) is 3.28. The minimum atomic E-state index is -1.23. The van der Waals surface area contributed by atoms with E-state index in [0.29, 0.717) is 31.6 Å². The zero-order valence-corrected chi connectivity index (χ0v) is 20.3. The summed E-state index contributed by atoms with van der Waals surface area (Å²) in [5.74, 6) is -3.56. The van der Waals surface area contributed by atoms with Crippen molar-refractivity contribution in [1.82, 2.24) is 15.5 Å². The van der Waals surface area contributed by atoms with Crippen LogP contribution >= 0.6 is 11.8 Å². The molecule has 34 heavy (non-hydrogen) atoms. The number of carbonyl (C=O) groups excluding carboxylic acids is 3. The second-order valence-corrected chi connectivity index (χ2v) is 9.24. The quantitative estimate of drug-likeness (QED) is 0.143. The van der Waals surface area contributed by atoms with Gasteiger partial charge < -0.3 is 37.2 Å². The molecule has 1 saturated heterocycles. The number of carboxylic acids is 2. The maximum atomic E-state index is 13.1. The first kappa shape index (κ1) is 29.7. The van der Waals surface area contributed by atoms with Crippen LogP contribution in [0.25, 0.3) is 0 Å². The second kappa shape index (κ2) is 15.5. The summed E-state index contributed by atoms with van der Waals surface area (Å²) in [6.07, 6.45) is 4.10. The molecule has 0 aromatic carbocycles. The van der Waals surface area contributed by atoms with Gasteiger partial charge in [-0.3, -0.25) is 19.2 Å². The number of amides is 3. The number of nitrogens with two attached hydrogens (primary N) is 2. The molecule has 12 nitrogen and oxygen atoms in total. The van der Waals surface area contributed by atoms with Gasteiger partial charge in [0.05, 0.1) is 6.04 Å². The molecule has 194 valence electrons. The third-order valence-corrected chi connectivity index (χ3v) is 6.28. The van der Waals surface area contributed by atoms with Crippen LogP contribution in [0.5, 0.6) is 0 Å². The Labute approximate surface area is 203 Å². The molecule has 1 rings (SSSR count). The summed E-state index contributed by atoms with van der Waals surface area (Å²) >= 11 is 1.47. The molecule has 4 atom stereocenters. The van der Waals surface area contributed by atoms with Crippen molar-refractivity contribution in [2.75, 3.05) is 25.1 Å². The number of unbranched alkanes of at least 4 members (excludes halogenated alkanes) is 1. The zero-order valence-electron chi connectivity index (χ0n) is 19.5. The molecule has 0 bridgehead atoms. The third kappa shape index (κ3) is 9.85. The highest BCUT2D eigenvalue weighted by Crippen LogP contribution is 2.20. The fourth-order valence-electron chi connectivity index (χ4n) is 3.71. The first-order valence-electron chi connectivity index (χ1n) is 11.4. The highest BCUT2D eigenvalue weighted by atomic mass is 32.2. The minimum Gasteiger partial charge on any atom is -0.481 e. The van der Waals surface area contributed by atoms with Crippen molar-refractivity contribution < 1.29 is 34.2 Å². The maximum absolute atomic E-state index is 13.1. The number of carbonyl (C=O) groups is 5. The lowest BCUT2D eigenvalue weighted by atomic mass is 10.1.